The third-order valence-electron chi connectivity index (χ3n) is 5.33. The Morgan fingerprint density at radius 1 is 0.719 bits per heavy atom. The van der Waals surface area contributed by atoms with Gasteiger partial charge in [0.1, 0.15) is 9.75 Å². The molecule has 2 N–H and O–H groups in total. The molecule has 170 valence electrons. The molecule has 8 nitrogen and oxygen atoms in total. The van der Waals surface area contributed by atoms with Gasteiger partial charge in [-0.15, -0.1) is 22.7 Å². The minimum absolute atomic E-state index is 0.168. The number of hydrogen-bond acceptors (Lipinski definition) is 8. The predicted molar refractivity (Wildman–Crippen MR) is 119 cm³/mol. The van der Waals surface area contributed by atoms with E-state index in [1.165, 1.54) is 43.6 Å². The van der Waals surface area contributed by atoms with Crippen molar-refractivity contribution < 1.29 is 28.7 Å². The lowest BCUT2D eigenvalue weighted by atomic mass is 10.2. The van der Waals surface area contributed by atoms with E-state index in [0.717, 1.165) is 38.5 Å². The van der Waals surface area contributed by atoms with Gasteiger partial charge in [-0.05, 0) is 61.8 Å². The van der Waals surface area contributed by atoms with Gasteiger partial charge in [-0.3, -0.25) is 9.59 Å². The fourth-order valence-electron chi connectivity index (χ4n) is 3.77. The maximum absolute atomic E-state index is 12.1. The van der Waals surface area contributed by atoms with Gasteiger partial charge < -0.3 is 20.1 Å². The molecule has 2 amide bonds. The molecule has 0 aromatic carbocycles. The van der Waals surface area contributed by atoms with Gasteiger partial charge in [0, 0.05) is 22.8 Å². The highest BCUT2D eigenvalue weighted by Crippen LogP contribution is 2.31. The Bertz CT molecular complexity index is 916. The molecular weight excluding hydrogens is 452 g/mol. The van der Waals surface area contributed by atoms with Crippen molar-refractivity contribution in [3.05, 3.63) is 42.8 Å². The molecule has 0 bridgehead atoms. The molecule has 32 heavy (non-hydrogen) atoms. The second kappa shape index (κ2) is 10.3. The number of carbonyl (C=O) groups is 4. The summed E-state index contributed by atoms with van der Waals surface area (Å²) in [5.74, 6) is -1.89. The van der Waals surface area contributed by atoms with Gasteiger partial charge in [0.2, 0.25) is 0 Å². The Morgan fingerprint density at radius 2 is 1.16 bits per heavy atom. The molecular formula is C22H24N2O6S2. The zero-order valence-electron chi connectivity index (χ0n) is 17.5. The molecule has 2 aliphatic carbocycles. The van der Waals surface area contributed by atoms with E-state index >= 15 is 0 Å². The number of carbonyl (C=O) groups excluding carboxylic acids is 4. The molecule has 0 unspecified atom stereocenters. The summed E-state index contributed by atoms with van der Waals surface area (Å²) >= 11 is 2.86. The molecule has 0 saturated heterocycles. The molecule has 2 aromatic rings. The number of rotatable bonds is 9. The first-order chi connectivity index (χ1) is 15.5. The minimum atomic E-state index is -0.495. The summed E-state index contributed by atoms with van der Waals surface area (Å²) in [5, 5.41) is 5.13. The van der Waals surface area contributed by atoms with E-state index in [1.54, 1.807) is 0 Å². The molecule has 2 heterocycles. The van der Waals surface area contributed by atoms with E-state index in [9.17, 15) is 19.2 Å². The van der Waals surface area contributed by atoms with Gasteiger partial charge in [0.05, 0.1) is 0 Å². The predicted octanol–water partition coefficient (Wildman–Crippen LogP) is 2.03. The summed E-state index contributed by atoms with van der Waals surface area (Å²) < 4.78 is 10.1. The van der Waals surface area contributed by atoms with Gasteiger partial charge >= 0.3 is 11.9 Å². The Kier molecular flexibility index (Phi) is 7.21. The van der Waals surface area contributed by atoms with Crippen molar-refractivity contribution in [3.63, 3.8) is 0 Å². The van der Waals surface area contributed by atoms with Crippen LogP contribution < -0.4 is 10.6 Å². The largest absolute Gasteiger partial charge is 0.451 e. The molecule has 2 aromatic heterocycles. The van der Waals surface area contributed by atoms with E-state index in [0.29, 0.717) is 9.75 Å². The SMILES string of the molecule is O=C(COC(=O)c1cc2c(s1)CCC2)NCCNC(=O)COC(=O)c1cc2c(s1)CCC2. The number of ether oxygens (including phenoxy) is 2. The number of nitrogens with one attached hydrogen (secondary N) is 2. The number of fused-ring (bicyclic) bond motifs is 2. The van der Waals surface area contributed by atoms with Crippen LogP contribution in [0, 0.1) is 0 Å². The van der Waals surface area contributed by atoms with Crippen LogP contribution in [-0.4, -0.2) is 50.1 Å². The first kappa shape index (κ1) is 22.5. The highest BCUT2D eigenvalue weighted by Gasteiger charge is 2.21. The Labute approximate surface area is 193 Å². The van der Waals surface area contributed by atoms with Crippen molar-refractivity contribution in [1.29, 1.82) is 0 Å². The Balaban J connectivity index is 1.07. The first-order valence-electron chi connectivity index (χ1n) is 10.6. The van der Waals surface area contributed by atoms with E-state index < -0.39 is 23.8 Å². The Hall–Kier alpha value is -2.72. The first-order valence-corrected chi connectivity index (χ1v) is 12.2. The van der Waals surface area contributed by atoms with Crippen molar-refractivity contribution in [1.82, 2.24) is 10.6 Å². The van der Waals surface area contributed by atoms with Crippen molar-refractivity contribution in [2.45, 2.75) is 38.5 Å². The summed E-state index contributed by atoms with van der Waals surface area (Å²) in [7, 11) is 0. The van der Waals surface area contributed by atoms with Crippen LogP contribution in [0.25, 0.3) is 0 Å². The van der Waals surface area contributed by atoms with Gasteiger partial charge in [-0.2, -0.15) is 0 Å². The van der Waals surface area contributed by atoms with Crippen LogP contribution in [0.15, 0.2) is 12.1 Å². The summed E-state index contributed by atoms with van der Waals surface area (Å²) in [4.78, 5) is 51.3. The summed E-state index contributed by atoms with van der Waals surface area (Å²) in [6, 6.07) is 3.70. The molecule has 0 fully saturated rings. The zero-order chi connectivity index (χ0) is 22.5. The van der Waals surface area contributed by atoms with Crippen molar-refractivity contribution in [3.8, 4) is 0 Å². The lowest BCUT2D eigenvalue weighted by Gasteiger charge is -2.08. The molecule has 0 saturated carbocycles. The molecule has 0 radical (unpaired) electrons. The van der Waals surface area contributed by atoms with Gasteiger partial charge in [0.15, 0.2) is 13.2 Å². The van der Waals surface area contributed by atoms with Crippen molar-refractivity contribution in [2.24, 2.45) is 0 Å². The summed E-state index contributed by atoms with van der Waals surface area (Å²) in [5.41, 5.74) is 2.40. The number of hydrogen-bond donors (Lipinski definition) is 2. The zero-order valence-corrected chi connectivity index (χ0v) is 19.1. The lowest BCUT2D eigenvalue weighted by molar-refractivity contribution is -0.125. The number of esters is 2. The summed E-state index contributed by atoms with van der Waals surface area (Å²) in [6.07, 6.45) is 6.20. The third kappa shape index (κ3) is 5.55. The quantitative estimate of drug-likeness (QED) is 0.423. The lowest BCUT2D eigenvalue weighted by Crippen LogP contribution is -2.38. The average molecular weight is 477 g/mol. The highest BCUT2D eigenvalue weighted by atomic mass is 32.1. The third-order valence-corrected chi connectivity index (χ3v) is 7.77. The average Bonchev–Trinajstić information content (AvgIpc) is 3.53. The van der Waals surface area contributed by atoms with Gasteiger partial charge in [0.25, 0.3) is 11.8 Å². The van der Waals surface area contributed by atoms with E-state index in [-0.39, 0.29) is 26.3 Å². The van der Waals surface area contributed by atoms with Crippen LogP contribution in [0.1, 0.15) is 53.1 Å². The molecule has 0 aliphatic heterocycles. The van der Waals surface area contributed by atoms with Crippen LogP contribution >= 0.6 is 22.7 Å². The summed E-state index contributed by atoms with van der Waals surface area (Å²) in [6.45, 7) is -0.419. The monoisotopic (exact) mass is 476 g/mol. The molecule has 0 atom stereocenters. The molecule has 2 aliphatic rings. The second-order valence-corrected chi connectivity index (χ2v) is 9.95. The van der Waals surface area contributed by atoms with Crippen LogP contribution in [0.5, 0.6) is 0 Å². The number of thiophene rings is 2. The van der Waals surface area contributed by atoms with Crippen molar-refractivity contribution in [2.75, 3.05) is 26.3 Å². The molecule has 4 rings (SSSR count). The van der Waals surface area contributed by atoms with Gasteiger partial charge in [-0.1, -0.05) is 0 Å². The topological polar surface area (TPSA) is 111 Å². The standard InChI is InChI=1S/C22H24N2O6S2/c25-19(11-29-21(27)17-9-13-3-1-5-15(13)31-17)23-7-8-24-20(26)12-30-22(28)18-10-14-4-2-6-16(14)32-18/h9-10H,1-8,11-12H2,(H,23,25)(H,24,26). The van der Waals surface area contributed by atoms with E-state index in [2.05, 4.69) is 10.6 Å². The van der Waals surface area contributed by atoms with E-state index in [4.69, 9.17) is 9.47 Å². The van der Waals surface area contributed by atoms with Crippen LogP contribution in [-0.2, 0) is 44.7 Å². The van der Waals surface area contributed by atoms with Crippen LogP contribution in [0.2, 0.25) is 0 Å². The maximum Gasteiger partial charge on any atom is 0.348 e. The van der Waals surface area contributed by atoms with Crippen LogP contribution in [0.3, 0.4) is 0 Å². The normalized spacial score (nSPS) is 13.9. The smallest absolute Gasteiger partial charge is 0.348 e. The Morgan fingerprint density at radius 3 is 1.56 bits per heavy atom. The van der Waals surface area contributed by atoms with Crippen LogP contribution in [0.4, 0.5) is 0 Å². The minimum Gasteiger partial charge on any atom is -0.451 e. The molecule has 0 spiro atoms. The fraction of sp³-hybridized carbons (Fsp3) is 0.455. The second-order valence-electron chi connectivity index (χ2n) is 7.68. The molecule has 10 heteroatoms. The number of amides is 2. The van der Waals surface area contributed by atoms with Crippen molar-refractivity contribution >= 4 is 46.4 Å². The maximum atomic E-state index is 12.1. The number of aryl methyl sites for hydroxylation is 4. The van der Waals surface area contributed by atoms with Gasteiger partial charge in [-0.25, -0.2) is 9.59 Å². The highest BCUT2D eigenvalue weighted by molar-refractivity contribution is 7.14. The van der Waals surface area contributed by atoms with E-state index in [1.807, 2.05) is 12.1 Å². The fourth-order valence-corrected chi connectivity index (χ4v) is 6.06.